The van der Waals surface area contributed by atoms with Crippen molar-refractivity contribution in [1.82, 2.24) is 10.2 Å². The summed E-state index contributed by atoms with van der Waals surface area (Å²) in [5.74, 6) is -1.04. The van der Waals surface area contributed by atoms with Crippen LogP contribution in [0.5, 0.6) is 0 Å². The van der Waals surface area contributed by atoms with Gasteiger partial charge in [-0.3, -0.25) is 14.5 Å². The molecule has 0 saturated carbocycles. The molecule has 0 bridgehead atoms. The van der Waals surface area contributed by atoms with Crippen LogP contribution in [0.2, 0.25) is 10.0 Å². The summed E-state index contributed by atoms with van der Waals surface area (Å²) in [4.78, 5) is 38.3. The molecule has 0 spiro atoms. The molecule has 1 atom stereocenters. The zero-order valence-electron chi connectivity index (χ0n) is 14.7. The van der Waals surface area contributed by atoms with Gasteiger partial charge in [0.1, 0.15) is 12.1 Å². The maximum atomic E-state index is 12.8. The number of carbonyl (C=O) groups excluding carboxylic acids is 3. The molecule has 1 unspecified atom stereocenters. The summed E-state index contributed by atoms with van der Waals surface area (Å²) in [5.41, 5.74) is 0.684. The van der Waals surface area contributed by atoms with Crippen LogP contribution in [-0.4, -0.2) is 29.3 Å². The van der Waals surface area contributed by atoms with Gasteiger partial charge in [0.25, 0.3) is 5.91 Å². The summed E-state index contributed by atoms with van der Waals surface area (Å²) in [6, 6.07) is 11.1. The van der Waals surface area contributed by atoms with Crippen molar-refractivity contribution < 1.29 is 14.4 Å². The lowest BCUT2D eigenvalue weighted by molar-refractivity contribution is -0.133. The summed E-state index contributed by atoms with van der Waals surface area (Å²) in [6.45, 7) is 3.05. The molecule has 8 heteroatoms. The van der Waals surface area contributed by atoms with Crippen molar-refractivity contribution in [1.29, 1.82) is 0 Å². The SMILES string of the molecule is Cc1ccc(NC(=O)CN2C(=O)NC(C)(c3ccc(Cl)cc3)C2=O)c(Cl)c1. The van der Waals surface area contributed by atoms with Gasteiger partial charge >= 0.3 is 6.03 Å². The second kappa shape index (κ2) is 7.21. The summed E-state index contributed by atoms with van der Waals surface area (Å²) >= 11 is 12.0. The number of halogens is 2. The Morgan fingerprint density at radius 3 is 2.44 bits per heavy atom. The quantitative estimate of drug-likeness (QED) is 0.760. The number of nitrogens with zero attached hydrogens (tertiary/aromatic N) is 1. The summed E-state index contributed by atoms with van der Waals surface area (Å²) in [6.07, 6.45) is 0. The lowest BCUT2D eigenvalue weighted by Gasteiger charge is -2.22. The van der Waals surface area contributed by atoms with E-state index in [1.807, 2.05) is 6.92 Å². The topological polar surface area (TPSA) is 78.5 Å². The van der Waals surface area contributed by atoms with Crippen LogP contribution in [0.3, 0.4) is 0 Å². The molecule has 0 aliphatic carbocycles. The Bertz CT molecular complexity index is 930. The predicted octanol–water partition coefficient (Wildman–Crippen LogP) is 3.71. The molecule has 1 heterocycles. The average molecular weight is 406 g/mol. The highest BCUT2D eigenvalue weighted by Gasteiger charge is 2.49. The molecular formula is C19H17Cl2N3O3. The first-order valence-corrected chi connectivity index (χ1v) is 8.92. The smallest absolute Gasteiger partial charge is 0.323 e. The largest absolute Gasteiger partial charge is 0.325 e. The van der Waals surface area contributed by atoms with Crippen molar-refractivity contribution in [2.45, 2.75) is 19.4 Å². The monoisotopic (exact) mass is 405 g/mol. The number of imide groups is 1. The minimum absolute atomic E-state index is 0.381. The Balaban J connectivity index is 1.75. The molecule has 2 N–H and O–H groups in total. The minimum atomic E-state index is -1.26. The van der Waals surface area contributed by atoms with E-state index in [0.717, 1.165) is 10.5 Å². The van der Waals surface area contributed by atoms with Crippen LogP contribution < -0.4 is 10.6 Å². The minimum Gasteiger partial charge on any atom is -0.323 e. The van der Waals surface area contributed by atoms with Gasteiger partial charge in [-0.2, -0.15) is 0 Å². The first-order chi connectivity index (χ1) is 12.7. The molecule has 0 aromatic heterocycles. The molecule has 27 heavy (non-hydrogen) atoms. The Morgan fingerprint density at radius 2 is 1.81 bits per heavy atom. The average Bonchev–Trinajstić information content (AvgIpc) is 2.82. The number of carbonyl (C=O) groups is 3. The normalized spacial score (nSPS) is 19.2. The summed E-state index contributed by atoms with van der Waals surface area (Å²) in [5, 5.41) is 6.16. The molecule has 1 aliphatic heterocycles. The van der Waals surface area contributed by atoms with E-state index < -0.39 is 29.9 Å². The Morgan fingerprint density at radius 1 is 1.15 bits per heavy atom. The van der Waals surface area contributed by atoms with Crippen molar-refractivity contribution in [3.05, 3.63) is 63.6 Å². The second-order valence-electron chi connectivity index (χ2n) is 6.48. The fourth-order valence-electron chi connectivity index (χ4n) is 2.87. The number of urea groups is 1. The summed E-state index contributed by atoms with van der Waals surface area (Å²) < 4.78 is 0. The molecule has 2 aromatic rings. The number of amides is 4. The van der Waals surface area contributed by atoms with Crippen molar-refractivity contribution in [3.63, 3.8) is 0 Å². The van der Waals surface area contributed by atoms with Crippen molar-refractivity contribution in [2.24, 2.45) is 0 Å². The lowest BCUT2D eigenvalue weighted by Crippen LogP contribution is -2.42. The number of benzene rings is 2. The number of rotatable bonds is 4. The zero-order valence-corrected chi connectivity index (χ0v) is 16.2. The van der Waals surface area contributed by atoms with Crippen LogP contribution in [0, 0.1) is 6.92 Å². The lowest BCUT2D eigenvalue weighted by atomic mass is 9.92. The molecule has 4 amide bonds. The van der Waals surface area contributed by atoms with Crippen LogP contribution in [0.1, 0.15) is 18.1 Å². The molecule has 1 fully saturated rings. The molecule has 1 aliphatic rings. The number of hydrogen-bond acceptors (Lipinski definition) is 3. The molecule has 140 valence electrons. The van der Waals surface area contributed by atoms with E-state index in [9.17, 15) is 14.4 Å². The van der Waals surface area contributed by atoms with E-state index in [-0.39, 0.29) is 0 Å². The van der Waals surface area contributed by atoms with Gasteiger partial charge in [0.05, 0.1) is 10.7 Å². The van der Waals surface area contributed by atoms with Gasteiger partial charge in [-0.1, -0.05) is 41.4 Å². The van der Waals surface area contributed by atoms with Crippen molar-refractivity contribution >= 4 is 46.7 Å². The van der Waals surface area contributed by atoms with Gasteiger partial charge in [0, 0.05) is 5.02 Å². The molecule has 6 nitrogen and oxygen atoms in total. The van der Waals surface area contributed by atoms with Crippen LogP contribution in [0.25, 0.3) is 0 Å². The van der Waals surface area contributed by atoms with Crippen molar-refractivity contribution in [3.8, 4) is 0 Å². The fourth-order valence-corrected chi connectivity index (χ4v) is 3.28. The highest BCUT2D eigenvalue weighted by Crippen LogP contribution is 2.30. The predicted molar refractivity (Wildman–Crippen MR) is 104 cm³/mol. The maximum Gasteiger partial charge on any atom is 0.325 e. The molecule has 2 aromatic carbocycles. The number of aryl methyl sites for hydroxylation is 1. The molecule has 0 radical (unpaired) electrons. The van der Waals surface area contributed by atoms with Gasteiger partial charge in [0.15, 0.2) is 0 Å². The van der Waals surface area contributed by atoms with E-state index in [1.165, 1.54) is 0 Å². The van der Waals surface area contributed by atoms with E-state index >= 15 is 0 Å². The number of hydrogen-bond donors (Lipinski definition) is 2. The van der Waals surface area contributed by atoms with Gasteiger partial charge in [-0.15, -0.1) is 0 Å². The number of nitrogens with one attached hydrogen (secondary N) is 2. The van der Waals surface area contributed by atoms with Crippen LogP contribution in [0.15, 0.2) is 42.5 Å². The van der Waals surface area contributed by atoms with Gasteiger partial charge in [-0.25, -0.2) is 4.79 Å². The number of anilines is 1. The zero-order chi connectivity index (χ0) is 19.8. The van der Waals surface area contributed by atoms with E-state index in [2.05, 4.69) is 10.6 Å². The second-order valence-corrected chi connectivity index (χ2v) is 7.33. The third-order valence-corrected chi connectivity index (χ3v) is 4.96. The first-order valence-electron chi connectivity index (χ1n) is 8.17. The fraction of sp³-hybridized carbons (Fsp3) is 0.211. The Labute approximate surface area is 166 Å². The molecular weight excluding hydrogens is 389 g/mol. The third kappa shape index (κ3) is 3.77. The standard InChI is InChI=1S/C19H17Cl2N3O3/c1-11-3-8-15(14(21)9-11)22-16(25)10-24-17(26)19(2,23-18(24)27)12-4-6-13(20)7-5-12/h3-9H,10H2,1-2H3,(H,22,25)(H,23,27). The highest BCUT2D eigenvalue weighted by atomic mass is 35.5. The van der Waals surface area contributed by atoms with Crippen LogP contribution >= 0.6 is 23.2 Å². The van der Waals surface area contributed by atoms with Crippen LogP contribution in [0.4, 0.5) is 10.5 Å². The van der Waals surface area contributed by atoms with Gasteiger partial charge in [0.2, 0.25) is 5.91 Å². The van der Waals surface area contributed by atoms with Gasteiger partial charge < -0.3 is 10.6 Å². The van der Waals surface area contributed by atoms with Gasteiger partial charge in [-0.05, 0) is 49.2 Å². The summed E-state index contributed by atoms with van der Waals surface area (Å²) in [7, 11) is 0. The molecule has 1 saturated heterocycles. The third-order valence-electron chi connectivity index (χ3n) is 4.40. The highest BCUT2D eigenvalue weighted by molar-refractivity contribution is 6.33. The van der Waals surface area contributed by atoms with Crippen molar-refractivity contribution in [2.75, 3.05) is 11.9 Å². The molecule has 3 rings (SSSR count). The van der Waals surface area contributed by atoms with E-state index in [4.69, 9.17) is 23.2 Å². The Hall–Kier alpha value is -2.57. The van der Waals surface area contributed by atoms with E-state index in [0.29, 0.717) is 21.3 Å². The van der Waals surface area contributed by atoms with E-state index in [1.54, 1.807) is 49.4 Å². The maximum absolute atomic E-state index is 12.8. The first kappa shape index (κ1) is 19.2. The van der Waals surface area contributed by atoms with Crippen LogP contribution in [-0.2, 0) is 15.1 Å². The Kier molecular flexibility index (Phi) is 5.13.